The molecular formula is C17H33NO2. The van der Waals surface area contributed by atoms with Crippen LogP contribution in [-0.2, 0) is 9.53 Å². The Hall–Kier alpha value is -0.830. The lowest BCUT2D eigenvalue weighted by Crippen LogP contribution is -1.99. The van der Waals surface area contributed by atoms with Gasteiger partial charge in [-0.2, -0.15) is 0 Å². The number of carbonyl (C=O) groups is 1. The normalized spacial score (nSPS) is 11.1. The second-order valence-corrected chi connectivity index (χ2v) is 5.35. The monoisotopic (exact) mass is 283 g/mol. The lowest BCUT2D eigenvalue weighted by Gasteiger charge is -2.00. The van der Waals surface area contributed by atoms with Crippen LogP contribution in [0.25, 0.3) is 0 Å². The Morgan fingerprint density at radius 1 is 0.850 bits per heavy atom. The molecule has 0 spiro atoms. The van der Waals surface area contributed by atoms with Crippen LogP contribution in [0.2, 0.25) is 0 Å². The fraction of sp³-hybridized carbons (Fsp3) is 0.824. The highest BCUT2D eigenvalue weighted by molar-refractivity contribution is 5.68. The van der Waals surface area contributed by atoms with Gasteiger partial charge in [0.15, 0.2) is 0 Å². The Bertz CT molecular complexity index is 239. The molecule has 118 valence electrons. The van der Waals surface area contributed by atoms with Crippen molar-refractivity contribution in [2.75, 3.05) is 13.7 Å². The number of carbonyl (C=O) groups excluding carboxylic acids is 1. The molecule has 0 aromatic rings. The van der Waals surface area contributed by atoms with Crippen LogP contribution in [0.5, 0.6) is 0 Å². The van der Waals surface area contributed by atoms with E-state index in [0.717, 1.165) is 19.4 Å². The molecule has 3 heteroatoms. The van der Waals surface area contributed by atoms with E-state index in [1.807, 2.05) is 0 Å². The third-order valence-corrected chi connectivity index (χ3v) is 3.47. The predicted molar refractivity (Wildman–Crippen MR) is 85.6 cm³/mol. The number of unbranched alkanes of at least 4 members (excludes halogenated alkanes) is 9. The Labute approximate surface area is 125 Å². The molecule has 0 aliphatic heterocycles. The van der Waals surface area contributed by atoms with Crippen LogP contribution in [0.4, 0.5) is 0 Å². The third-order valence-electron chi connectivity index (χ3n) is 3.47. The van der Waals surface area contributed by atoms with Gasteiger partial charge in [0, 0.05) is 6.42 Å². The summed E-state index contributed by atoms with van der Waals surface area (Å²) in [7, 11) is 1.45. The van der Waals surface area contributed by atoms with Crippen LogP contribution in [0.3, 0.4) is 0 Å². The molecule has 0 rings (SSSR count). The van der Waals surface area contributed by atoms with Crippen molar-refractivity contribution in [3.8, 4) is 0 Å². The van der Waals surface area contributed by atoms with E-state index in [0.29, 0.717) is 6.42 Å². The lowest BCUT2D eigenvalue weighted by molar-refractivity contribution is -0.140. The summed E-state index contributed by atoms with van der Waals surface area (Å²) >= 11 is 0. The number of methoxy groups -OCH3 is 1. The Kier molecular flexibility index (Phi) is 15.6. The van der Waals surface area contributed by atoms with Crippen molar-refractivity contribution in [3.63, 3.8) is 0 Å². The van der Waals surface area contributed by atoms with Gasteiger partial charge in [-0.3, -0.25) is 4.79 Å². The zero-order valence-corrected chi connectivity index (χ0v) is 13.2. The standard InChI is InChI=1S/C17H33NO2/c1-20-17(19)15-13-11-9-7-5-3-2-4-6-8-10-12-14-16-18/h2,4H,3,5-16,18H2,1H3. The van der Waals surface area contributed by atoms with E-state index in [-0.39, 0.29) is 5.97 Å². The zero-order valence-electron chi connectivity index (χ0n) is 13.2. The molecule has 0 saturated carbocycles. The summed E-state index contributed by atoms with van der Waals surface area (Å²) in [6, 6.07) is 0. The molecule has 0 aromatic carbocycles. The number of hydrogen-bond acceptors (Lipinski definition) is 3. The quantitative estimate of drug-likeness (QED) is 0.293. The minimum atomic E-state index is -0.0839. The number of nitrogens with two attached hydrogens (primary N) is 1. The average Bonchev–Trinajstić information content (AvgIpc) is 2.47. The molecule has 0 bridgehead atoms. The van der Waals surface area contributed by atoms with Gasteiger partial charge < -0.3 is 10.5 Å². The molecule has 0 amide bonds. The number of ether oxygens (including phenoxy) is 1. The van der Waals surface area contributed by atoms with Crippen molar-refractivity contribution in [2.45, 2.75) is 77.0 Å². The molecule has 3 nitrogen and oxygen atoms in total. The van der Waals surface area contributed by atoms with Gasteiger partial charge in [0.2, 0.25) is 0 Å². The molecule has 2 N–H and O–H groups in total. The molecule has 0 saturated heterocycles. The first-order chi connectivity index (χ1) is 9.81. The predicted octanol–water partition coefficient (Wildman–Crippen LogP) is 4.36. The van der Waals surface area contributed by atoms with E-state index in [2.05, 4.69) is 16.9 Å². The van der Waals surface area contributed by atoms with E-state index in [1.165, 1.54) is 64.9 Å². The van der Waals surface area contributed by atoms with Crippen molar-refractivity contribution in [1.29, 1.82) is 0 Å². The summed E-state index contributed by atoms with van der Waals surface area (Å²) in [5.41, 5.74) is 5.45. The summed E-state index contributed by atoms with van der Waals surface area (Å²) < 4.78 is 4.61. The minimum absolute atomic E-state index is 0.0839. The maximum atomic E-state index is 10.9. The van der Waals surface area contributed by atoms with Crippen molar-refractivity contribution < 1.29 is 9.53 Å². The van der Waals surface area contributed by atoms with E-state index in [9.17, 15) is 4.79 Å². The Morgan fingerprint density at radius 2 is 1.35 bits per heavy atom. The SMILES string of the molecule is COC(=O)CCCCCCCC=CCCCCCCN. The summed E-state index contributed by atoms with van der Waals surface area (Å²) in [4.78, 5) is 10.9. The molecule has 0 fully saturated rings. The largest absolute Gasteiger partial charge is 0.469 e. The number of esters is 1. The molecular weight excluding hydrogens is 250 g/mol. The van der Waals surface area contributed by atoms with Crippen LogP contribution in [0.15, 0.2) is 12.2 Å². The van der Waals surface area contributed by atoms with E-state index >= 15 is 0 Å². The van der Waals surface area contributed by atoms with Gasteiger partial charge in [-0.1, -0.05) is 44.3 Å². The lowest BCUT2D eigenvalue weighted by atomic mass is 10.1. The highest BCUT2D eigenvalue weighted by atomic mass is 16.5. The number of rotatable bonds is 14. The summed E-state index contributed by atoms with van der Waals surface area (Å²) in [6.45, 7) is 0.829. The highest BCUT2D eigenvalue weighted by Gasteiger charge is 1.98. The number of hydrogen-bond donors (Lipinski definition) is 1. The van der Waals surface area contributed by atoms with Crippen molar-refractivity contribution in [2.24, 2.45) is 5.73 Å². The molecule has 0 aliphatic rings. The zero-order chi connectivity index (χ0) is 14.9. The average molecular weight is 283 g/mol. The molecule has 0 radical (unpaired) electrons. The minimum Gasteiger partial charge on any atom is -0.469 e. The Morgan fingerprint density at radius 3 is 1.90 bits per heavy atom. The van der Waals surface area contributed by atoms with Crippen LogP contribution in [0, 0.1) is 0 Å². The summed E-state index contributed by atoms with van der Waals surface area (Å²) in [5, 5.41) is 0. The van der Waals surface area contributed by atoms with Crippen molar-refractivity contribution in [3.05, 3.63) is 12.2 Å². The maximum absolute atomic E-state index is 10.9. The maximum Gasteiger partial charge on any atom is 0.305 e. The van der Waals surface area contributed by atoms with E-state index in [4.69, 9.17) is 5.73 Å². The molecule has 0 atom stereocenters. The van der Waals surface area contributed by atoms with Crippen LogP contribution in [-0.4, -0.2) is 19.6 Å². The fourth-order valence-electron chi connectivity index (χ4n) is 2.16. The molecule has 0 aliphatic carbocycles. The summed E-state index contributed by atoms with van der Waals surface area (Å²) in [6.07, 6.45) is 18.5. The van der Waals surface area contributed by atoms with E-state index in [1.54, 1.807) is 0 Å². The van der Waals surface area contributed by atoms with E-state index < -0.39 is 0 Å². The van der Waals surface area contributed by atoms with Gasteiger partial charge >= 0.3 is 5.97 Å². The Balaban J connectivity index is 3.10. The molecule has 20 heavy (non-hydrogen) atoms. The number of allylic oxidation sites excluding steroid dienone is 2. The molecule has 0 heterocycles. The second kappa shape index (κ2) is 16.2. The van der Waals surface area contributed by atoms with Crippen molar-refractivity contribution >= 4 is 5.97 Å². The van der Waals surface area contributed by atoms with Crippen LogP contribution < -0.4 is 5.73 Å². The van der Waals surface area contributed by atoms with Gasteiger partial charge in [0.1, 0.15) is 0 Å². The first kappa shape index (κ1) is 19.2. The summed E-state index contributed by atoms with van der Waals surface area (Å²) in [5.74, 6) is -0.0839. The van der Waals surface area contributed by atoms with Gasteiger partial charge in [-0.05, 0) is 45.1 Å². The highest BCUT2D eigenvalue weighted by Crippen LogP contribution is 2.09. The van der Waals surface area contributed by atoms with Crippen molar-refractivity contribution in [1.82, 2.24) is 0 Å². The molecule has 0 unspecified atom stereocenters. The first-order valence-corrected chi connectivity index (χ1v) is 8.23. The second-order valence-electron chi connectivity index (χ2n) is 5.35. The van der Waals surface area contributed by atoms with Gasteiger partial charge in [0.25, 0.3) is 0 Å². The van der Waals surface area contributed by atoms with Crippen LogP contribution in [0.1, 0.15) is 77.0 Å². The van der Waals surface area contributed by atoms with Gasteiger partial charge in [0.05, 0.1) is 7.11 Å². The smallest absolute Gasteiger partial charge is 0.305 e. The fourth-order valence-corrected chi connectivity index (χ4v) is 2.16. The third kappa shape index (κ3) is 15.2. The van der Waals surface area contributed by atoms with Gasteiger partial charge in [-0.15, -0.1) is 0 Å². The first-order valence-electron chi connectivity index (χ1n) is 8.23. The molecule has 0 aromatic heterocycles. The van der Waals surface area contributed by atoms with Gasteiger partial charge in [-0.25, -0.2) is 0 Å². The van der Waals surface area contributed by atoms with Crippen LogP contribution >= 0.6 is 0 Å². The topological polar surface area (TPSA) is 52.3 Å².